The number of amides is 1. The van der Waals surface area contributed by atoms with Gasteiger partial charge in [0.1, 0.15) is 5.76 Å². The van der Waals surface area contributed by atoms with Gasteiger partial charge in [0.2, 0.25) is 15.9 Å². The fraction of sp³-hybridized carbons (Fsp3) is 0.214. The number of hydrogen-bond donors (Lipinski definition) is 2. The molecule has 6 nitrogen and oxygen atoms in total. The highest BCUT2D eigenvalue weighted by Gasteiger charge is 2.19. The molecule has 21 heavy (non-hydrogen) atoms. The summed E-state index contributed by atoms with van der Waals surface area (Å²) in [7, 11) is -3.65. The number of carbonyl (C=O) groups is 1. The number of anilines is 1. The Balaban J connectivity index is 2.14. The van der Waals surface area contributed by atoms with Gasteiger partial charge in [0.25, 0.3) is 0 Å². The first kappa shape index (κ1) is 15.3. The van der Waals surface area contributed by atoms with Crippen molar-refractivity contribution in [1.29, 1.82) is 0 Å². The summed E-state index contributed by atoms with van der Waals surface area (Å²) in [6.45, 7) is 3.08. The lowest BCUT2D eigenvalue weighted by Crippen LogP contribution is -2.26. The van der Waals surface area contributed by atoms with E-state index in [1.807, 2.05) is 0 Å². The normalized spacial score (nSPS) is 12.9. The van der Waals surface area contributed by atoms with Crippen LogP contribution in [0.3, 0.4) is 0 Å². The van der Waals surface area contributed by atoms with E-state index in [4.69, 9.17) is 4.42 Å². The maximum absolute atomic E-state index is 12.2. The molecule has 1 unspecified atom stereocenters. The van der Waals surface area contributed by atoms with Crippen molar-refractivity contribution < 1.29 is 17.6 Å². The van der Waals surface area contributed by atoms with Crippen LogP contribution in [0.25, 0.3) is 0 Å². The molecular weight excluding hydrogens is 292 g/mol. The molecule has 2 aromatic rings. The molecule has 0 saturated heterocycles. The lowest BCUT2D eigenvalue weighted by Gasteiger charge is -2.12. The van der Waals surface area contributed by atoms with Gasteiger partial charge in [0, 0.05) is 12.6 Å². The summed E-state index contributed by atoms with van der Waals surface area (Å²) >= 11 is 0. The number of hydrogen-bond acceptors (Lipinski definition) is 4. The van der Waals surface area contributed by atoms with E-state index in [2.05, 4.69) is 10.0 Å². The summed E-state index contributed by atoms with van der Waals surface area (Å²) in [5.41, 5.74) is 0.542. The van der Waals surface area contributed by atoms with Crippen molar-refractivity contribution in [1.82, 2.24) is 4.72 Å². The van der Waals surface area contributed by atoms with Gasteiger partial charge >= 0.3 is 0 Å². The van der Waals surface area contributed by atoms with Gasteiger partial charge in [-0.15, -0.1) is 0 Å². The van der Waals surface area contributed by atoms with Crippen LogP contribution < -0.4 is 10.0 Å². The van der Waals surface area contributed by atoms with E-state index in [9.17, 15) is 13.2 Å². The molecular formula is C14H16N2O4S. The fourth-order valence-corrected chi connectivity index (χ4v) is 3.03. The molecule has 0 aliphatic heterocycles. The SMILES string of the molecule is CC(=O)Nc1ccc(S(=O)(=O)NC(C)c2ccco2)cc1. The van der Waals surface area contributed by atoms with Crippen LogP contribution in [0.2, 0.25) is 0 Å². The Kier molecular flexibility index (Phi) is 4.44. The lowest BCUT2D eigenvalue weighted by atomic mass is 10.3. The van der Waals surface area contributed by atoms with Gasteiger partial charge < -0.3 is 9.73 Å². The predicted molar refractivity (Wildman–Crippen MR) is 78.2 cm³/mol. The highest BCUT2D eigenvalue weighted by Crippen LogP contribution is 2.18. The van der Waals surface area contributed by atoms with Crippen molar-refractivity contribution in [3.05, 3.63) is 48.4 Å². The Labute approximate surface area is 123 Å². The predicted octanol–water partition coefficient (Wildman–Crippen LogP) is 2.28. The Bertz CT molecular complexity index is 706. The maximum Gasteiger partial charge on any atom is 0.241 e. The maximum atomic E-state index is 12.2. The van der Waals surface area contributed by atoms with Crippen LogP contribution >= 0.6 is 0 Å². The second-order valence-corrected chi connectivity index (χ2v) is 6.28. The summed E-state index contributed by atoms with van der Waals surface area (Å²) in [5, 5.41) is 2.58. The first-order chi connectivity index (χ1) is 9.88. The van der Waals surface area contributed by atoms with E-state index >= 15 is 0 Å². The van der Waals surface area contributed by atoms with Gasteiger partial charge in [-0.2, -0.15) is 0 Å². The molecule has 0 spiro atoms. The molecule has 1 heterocycles. The van der Waals surface area contributed by atoms with Crippen molar-refractivity contribution in [3.63, 3.8) is 0 Å². The largest absolute Gasteiger partial charge is 0.468 e. The van der Waals surface area contributed by atoms with Crippen LogP contribution in [-0.2, 0) is 14.8 Å². The molecule has 1 aromatic carbocycles. The summed E-state index contributed by atoms with van der Waals surface area (Å²) in [5.74, 6) is 0.323. The average Bonchev–Trinajstić information content (AvgIpc) is 2.92. The highest BCUT2D eigenvalue weighted by atomic mass is 32.2. The molecule has 7 heteroatoms. The molecule has 0 aliphatic rings. The summed E-state index contributed by atoms with van der Waals surface area (Å²) < 4.78 is 32.2. The molecule has 2 N–H and O–H groups in total. The smallest absolute Gasteiger partial charge is 0.241 e. The van der Waals surface area contributed by atoms with Gasteiger partial charge in [0.05, 0.1) is 17.2 Å². The van der Waals surface area contributed by atoms with Gasteiger partial charge in [0.15, 0.2) is 0 Å². The monoisotopic (exact) mass is 308 g/mol. The Morgan fingerprint density at radius 1 is 1.19 bits per heavy atom. The first-order valence-electron chi connectivity index (χ1n) is 6.32. The van der Waals surface area contributed by atoms with E-state index in [1.165, 1.54) is 37.5 Å². The van der Waals surface area contributed by atoms with Gasteiger partial charge in [-0.25, -0.2) is 13.1 Å². The minimum Gasteiger partial charge on any atom is -0.468 e. The zero-order chi connectivity index (χ0) is 15.5. The van der Waals surface area contributed by atoms with Crippen molar-refractivity contribution >= 4 is 21.6 Å². The van der Waals surface area contributed by atoms with E-state index in [0.29, 0.717) is 11.4 Å². The van der Waals surface area contributed by atoms with E-state index in [-0.39, 0.29) is 10.8 Å². The molecule has 1 atom stereocenters. The van der Waals surface area contributed by atoms with Crippen molar-refractivity contribution in [3.8, 4) is 0 Å². The third kappa shape index (κ3) is 3.93. The topological polar surface area (TPSA) is 88.4 Å². The third-order valence-corrected chi connectivity index (χ3v) is 4.34. The minimum atomic E-state index is -3.65. The van der Waals surface area contributed by atoms with E-state index in [0.717, 1.165) is 0 Å². The number of sulfonamides is 1. The van der Waals surface area contributed by atoms with Crippen LogP contribution in [0.4, 0.5) is 5.69 Å². The fourth-order valence-electron chi connectivity index (χ4n) is 1.82. The summed E-state index contributed by atoms with van der Waals surface area (Å²) in [6, 6.07) is 8.86. The summed E-state index contributed by atoms with van der Waals surface area (Å²) in [4.78, 5) is 11.0. The number of rotatable bonds is 5. The Morgan fingerprint density at radius 2 is 1.86 bits per heavy atom. The standard InChI is InChI=1S/C14H16N2O4S/c1-10(14-4-3-9-20-14)16-21(18,19)13-7-5-12(6-8-13)15-11(2)17/h3-10,16H,1-2H3,(H,15,17). The number of nitrogens with one attached hydrogen (secondary N) is 2. The van der Waals surface area contributed by atoms with Crippen molar-refractivity contribution in [2.24, 2.45) is 0 Å². The van der Waals surface area contributed by atoms with Crippen molar-refractivity contribution in [2.45, 2.75) is 24.8 Å². The Hall–Kier alpha value is -2.12. The van der Waals surface area contributed by atoms with Gasteiger partial charge in [-0.05, 0) is 43.3 Å². The lowest BCUT2D eigenvalue weighted by molar-refractivity contribution is -0.114. The molecule has 0 saturated carbocycles. The number of furan rings is 1. The van der Waals surface area contributed by atoms with Crippen LogP contribution in [-0.4, -0.2) is 14.3 Å². The zero-order valence-electron chi connectivity index (χ0n) is 11.7. The second-order valence-electron chi connectivity index (χ2n) is 4.56. The van der Waals surface area contributed by atoms with Crippen LogP contribution in [0, 0.1) is 0 Å². The molecule has 1 amide bonds. The number of carbonyl (C=O) groups excluding carboxylic acids is 1. The van der Waals surface area contributed by atoms with E-state index in [1.54, 1.807) is 19.1 Å². The quantitative estimate of drug-likeness (QED) is 0.887. The van der Waals surface area contributed by atoms with Gasteiger partial charge in [-0.3, -0.25) is 4.79 Å². The second kappa shape index (κ2) is 6.11. The molecule has 1 aromatic heterocycles. The first-order valence-corrected chi connectivity index (χ1v) is 7.80. The minimum absolute atomic E-state index is 0.120. The molecule has 0 aliphatic carbocycles. The molecule has 112 valence electrons. The average molecular weight is 308 g/mol. The van der Waals surface area contributed by atoms with Gasteiger partial charge in [-0.1, -0.05) is 0 Å². The highest BCUT2D eigenvalue weighted by molar-refractivity contribution is 7.89. The molecule has 0 bridgehead atoms. The molecule has 2 rings (SSSR count). The molecule has 0 fully saturated rings. The van der Waals surface area contributed by atoms with Crippen molar-refractivity contribution in [2.75, 3.05) is 5.32 Å². The van der Waals surface area contributed by atoms with Crippen LogP contribution in [0.15, 0.2) is 52.0 Å². The van der Waals surface area contributed by atoms with Crippen LogP contribution in [0.5, 0.6) is 0 Å². The number of benzene rings is 1. The zero-order valence-corrected chi connectivity index (χ0v) is 12.5. The summed E-state index contributed by atoms with van der Waals surface area (Å²) in [6.07, 6.45) is 1.49. The van der Waals surface area contributed by atoms with E-state index < -0.39 is 16.1 Å². The molecule has 0 radical (unpaired) electrons. The van der Waals surface area contributed by atoms with Crippen LogP contribution in [0.1, 0.15) is 25.6 Å². The Morgan fingerprint density at radius 3 is 2.38 bits per heavy atom. The third-order valence-electron chi connectivity index (χ3n) is 2.79.